The maximum absolute atomic E-state index is 2.46. The van der Waals surface area contributed by atoms with Crippen molar-refractivity contribution in [3.63, 3.8) is 0 Å². The van der Waals surface area contributed by atoms with Gasteiger partial charge in [0.15, 0.2) is 0 Å². The van der Waals surface area contributed by atoms with E-state index >= 15 is 0 Å². The minimum Gasteiger partial charge on any atom is -0.309 e. The van der Waals surface area contributed by atoms with E-state index in [1.807, 2.05) is 0 Å². The quantitative estimate of drug-likeness (QED) is 0.147. The van der Waals surface area contributed by atoms with E-state index < -0.39 is 0 Å². The highest BCUT2D eigenvalue weighted by atomic mass is 15.1. The van der Waals surface area contributed by atoms with Crippen LogP contribution in [0.1, 0.15) is 47.6 Å². The molecule has 0 N–H and O–H groups in total. The fourth-order valence-electron chi connectivity index (χ4n) is 8.14. The highest BCUT2D eigenvalue weighted by Crippen LogP contribution is 2.49. The summed E-state index contributed by atoms with van der Waals surface area (Å²) in [4.78, 5) is 2.46. The Morgan fingerprint density at radius 1 is 0.490 bits per heavy atom. The Morgan fingerprint density at radius 2 is 1.04 bits per heavy atom. The maximum Gasteiger partial charge on any atom is 0.0618 e. The average Bonchev–Trinajstić information content (AvgIpc) is 3.59. The standard InChI is InChI=1S/C50H41N/c1-4-5-11-35-30-38(42-29-24-37-23-22-36-12-10-17-43(42)48(36)37)32-39(31-35)49-44-13-6-8-15-46(44)50(47-16-9-7-14-45(47)49)51(40-25-18-33(2)19-26-40)41-27-20-34(3)21-28-41/h6-10,12-32H,4-5,11H2,1-3H3. The Morgan fingerprint density at radius 3 is 1.65 bits per heavy atom. The van der Waals surface area contributed by atoms with Gasteiger partial charge in [-0.05, 0) is 118 Å². The molecule has 9 rings (SSSR count). The van der Waals surface area contributed by atoms with E-state index in [0.717, 1.165) is 17.8 Å². The Balaban J connectivity index is 1.34. The number of nitrogens with zero attached hydrogens (tertiary/aromatic N) is 1. The van der Waals surface area contributed by atoms with Gasteiger partial charge in [0.1, 0.15) is 0 Å². The number of unbranched alkanes of at least 4 members (excludes halogenated alkanes) is 1. The molecule has 0 saturated heterocycles. The molecule has 0 unspecified atom stereocenters. The van der Waals surface area contributed by atoms with Crippen LogP contribution in [0.15, 0.2) is 146 Å². The van der Waals surface area contributed by atoms with Crippen LogP contribution in [0.4, 0.5) is 17.1 Å². The van der Waals surface area contributed by atoms with Gasteiger partial charge in [-0.2, -0.15) is 0 Å². The minimum absolute atomic E-state index is 1.06. The van der Waals surface area contributed by atoms with Gasteiger partial charge in [0.2, 0.25) is 0 Å². The summed E-state index contributed by atoms with van der Waals surface area (Å²) in [6, 6.07) is 54.7. The molecule has 0 heterocycles. The molecule has 246 valence electrons. The van der Waals surface area contributed by atoms with Crippen molar-refractivity contribution in [2.45, 2.75) is 40.0 Å². The molecular weight excluding hydrogens is 615 g/mol. The second kappa shape index (κ2) is 12.8. The first-order chi connectivity index (χ1) is 25.1. The van der Waals surface area contributed by atoms with Crippen LogP contribution in [0.3, 0.4) is 0 Å². The molecule has 1 heteroatoms. The van der Waals surface area contributed by atoms with Crippen LogP contribution in [-0.4, -0.2) is 0 Å². The number of hydrogen-bond acceptors (Lipinski definition) is 1. The zero-order valence-corrected chi connectivity index (χ0v) is 29.6. The molecule has 1 nitrogen and oxygen atoms in total. The molecular formula is C50H41N. The lowest BCUT2D eigenvalue weighted by Crippen LogP contribution is -2.11. The van der Waals surface area contributed by atoms with Gasteiger partial charge in [-0.1, -0.05) is 152 Å². The van der Waals surface area contributed by atoms with Crippen molar-refractivity contribution in [3.05, 3.63) is 173 Å². The number of rotatable bonds is 8. The van der Waals surface area contributed by atoms with Crippen molar-refractivity contribution in [1.82, 2.24) is 0 Å². The van der Waals surface area contributed by atoms with Gasteiger partial charge in [-0.3, -0.25) is 0 Å². The Hall–Kier alpha value is -5.92. The van der Waals surface area contributed by atoms with E-state index in [4.69, 9.17) is 0 Å². The fourth-order valence-corrected chi connectivity index (χ4v) is 8.14. The third-order valence-corrected chi connectivity index (χ3v) is 10.7. The van der Waals surface area contributed by atoms with E-state index in [1.54, 1.807) is 0 Å². The molecule has 1 aliphatic carbocycles. The van der Waals surface area contributed by atoms with Crippen LogP contribution in [0.2, 0.25) is 0 Å². The molecule has 51 heavy (non-hydrogen) atoms. The average molecular weight is 656 g/mol. The monoisotopic (exact) mass is 655 g/mol. The summed E-state index contributed by atoms with van der Waals surface area (Å²) in [5.74, 6) is 0. The predicted octanol–water partition coefficient (Wildman–Crippen LogP) is 14.4. The molecule has 0 aliphatic heterocycles. The SMILES string of the molecule is CCCCc1cc(-c2c3ccccc3c(N(c3ccc(C)cc3)c3ccc(C)cc3)c3ccccc23)cc(-c2ccc3c4c(cccc24)C=C3)c1. The first-order valence-electron chi connectivity index (χ1n) is 18.3. The lowest BCUT2D eigenvalue weighted by atomic mass is 9.86. The summed E-state index contributed by atoms with van der Waals surface area (Å²) >= 11 is 0. The topological polar surface area (TPSA) is 3.24 Å². The lowest BCUT2D eigenvalue weighted by molar-refractivity contribution is 0.795. The maximum atomic E-state index is 2.46. The lowest BCUT2D eigenvalue weighted by Gasteiger charge is -2.30. The van der Waals surface area contributed by atoms with Crippen molar-refractivity contribution in [2.75, 3.05) is 4.90 Å². The van der Waals surface area contributed by atoms with Crippen molar-refractivity contribution in [3.8, 4) is 22.3 Å². The number of benzene rings is 8. The third kappa shape index (κ3) is 5.41. The summed E-state index contributed by atoms with van der Waals surface area (Å²) in [7, 11) is 0. The van der Waals surface area contributed by atoms with E-state index in [9.17, 15) is 0 Å². The molecule has 0 amide bonds. The van der Waals surface area contributed by atoms with Gasteiger partial charge in [-0.15, -0.1) is 0 Å². The van der Waals surface area contributed by atoms with Crippen LogP contribution in [0, 0.1) is 13.8 Å². The van der Waals surface area contributed by atoms with E-state index in [0.29, 0.717) is 0 Å². The van der Waals surface area contributed by atoms with Gasteiger partial charge in [0.05, 0.1) is 5.69 Å². The van der Waals surface area contributed by atoms with Crippen LogP contribution < -0.4 is 4.90 Å². The number of anilines is 3. The molecule has 0 aromatic heterocycles. The number of aryl methyl sites for hydroxylation is 3. The molecule has 0 radical (unpaired) electrons. The van der Waals surface area contributed by atoms with E-state index in [1.165, 1.54) is 101 Å². The Kier molecular flexibility index (Phi) is 7.78. The van der Waals surface area contributed by atoms with Gasteiger partial charge in [0, 0.05) is 22.1 Å². The summed E-state index contributed by atoms with van der Waals surface area (Å²) < 4.78 is 0. The number of hydrogen-bond donors (Lipinski definition) is 0. The molecule has 0 bridgehead atoms. The minimum atomic E-state index is 1.06. The second-order valence-corrected chi connectivity index (χ2v) is 14.1. The fraction of sp³-hybridized carbons (Fsp3) is 0.120. The molecule has 0 saturated carbocycles. The first-order valence-corrected chi connectivity index (χ1v) is 18.3. The van der Waals surface area contributed by atoms with Crippen molar-refractivity contribution in [1.29, 1.82) is 0 Å². The normalized spacial score (nSPS) is 12.0. The second-order valence-electron chi connectivity index (χ2n) is 14.1. The smallest absolute Gasteiger partial charge is 0.0618 e. The zero-order chi connectivity index (χ0) is 34.5. The predicted molar refractivity (Wildman–Crippen MR) is 222 cm³/mol. The van der Waals surface area contributed by atoms with Gasteiger partial charge in [0.25, 0.3) is 0 Å². The van der Waals surface area contributed by atoms with Gasteiger partial charge in [-0.25, -0.2) is 0 Å². The van der Waals surface area contributed by atoms with E-state index in [2.05, 4.69) is 183 Å². The van der Waals surface area contributed by atoms with Gasteiger partial charge < -0.3 is 4.90 Å². The van der Waals surface area contributed by atoms with E-state index in [-0.39, 0.29) is 0 Å². The zero-order valence-electron chi connectivity index (χ0n) is 29.6. The van der Waals surface area contributed by atoms with Crippen LogP contribution in [-0.2, 0) is 6.42 Å². The van der Waals surface area contributed by atoms with Crippen LogP contribution >= 0.6 is 0 Å². The van der Waals surface area contributed by atoms with Crippen molar-refractivity contribution >= 4 is 61.5 Å². The summed E-state index contributed by atoms with van der Waals surface area (Å²) in [5.41, 5.74) is 15.2. The van der Waals surface area contributed by atoms with Gasteiger partial charge >= 0.3 is 0 Å². The first kappa shape index (κ1) is 31.1. The highest BCUT2D eigenvalue weighted by molar-refractivity contribution is 6.22. The van der Waals surface area contributed by atoms with Crippen LogP contribution in [0.5, 0.6) is 0 Å². The summed E-state index contributed by atoms with van der Waals surface area (Å²) in [5, 5.41) is 7.69. The summed E-state index contributed by atoms with van der Waals surface area (Å²) in [6.45, 7) is 6.60. The number of fused-ring (bicyclic) bond motifs is 2. The third-order valence-electron chi connectivity index (χ3n) is 10.7. The molecule has 8 aromatic carbocycles. The Labute approximate surface area is 301 Å². The highest BCUT2D eigenvalue weighted by Gasteiger charge is 2.23. The van der Waals surface area contributed by atoms with Crippen molar-refractivity contribution in [2.24, 2.45) is 0 Å². The molecule has 1 aliphatic rings. The molecule has 8 aromatic rings. The molecule has 0 fully saturated rings. The summed E-state index contributed by atoms with van der Waals surface area (Å²) in [6.07, 6.45) is 7.89. The van der Waals surface area contributed by atoms with Crippen LogP contribution in [0.25, 0.3) is 66.7 Å². The Bertz CT molecular complexity index is 2510. The molecule has 0 spiro atoms. The molecule has 0 atom stereocenters. The largest absolute Gasteiger partial charge is 0.309 e. The van der Waals surface area contributed by atoms with Crippen molar-refractivity contribution < 1.29 is 0 Å².